The number of nitrogens with two attached hydrogens (primary N) is 1. The first-order valence-electron chi connectivity index (χ1n) is 6.59. The van der Waals surface area contributed by atoms with Crippen LogP contribution in [-0.2, 0) is 4.74 Å². The lowest BCUT2D eigenvalue weighted by Gasteiger charge is -2.46. The smallest absolute Gasteiger partial charge is 0.0634 e. The molecule has 3 N–H and O–H groups in total. The quantitative estimate of drug-likeness (QED) is 0.624. The van der Waals surface area contributed by atoms with Gasteiger partial charge in [-0.3, -0.25) is 9.80 Å². The first kappa shape index (κ1) is 11.3. The van der Waals surface area contributed by atoms with E-state index in [2.05, 4.69) is 15.1 Å². The third-order valence-corrected chi connectivity index (χ3v) is 4.13. The summed E-state index contributed by atoms with van der Waals surface area (Å²) in [5, 5.41) is 3.21. The Bertz CT molecular complexity index is 307. The SMILES string of the molecule is NC1=CNCCC1N1CCN2CCOC[C@@H]2C1. The molecule has 5 heteroatoms. The number of fused-ring (bicyclic) bond motifs is 1. The highest BCUT2D eigenvalue weighted by molar-refractivity contribution is 5.10. The Morgan fingerprint density at radius 2 is 2.18 bits per heavy atom. The number of hydrogen-bond acceptors (Lipinski definition) is 5. The molecule has 3 aliphatic heterocycles. The summed E-state index contributed by atoms with van der Waals surface area (Å²) >= 11 is 0. The summed E-state index contributed by atoms with van der Waals surface area (Å²) in [4.78, 5) is 5.09. The monoisotopic (exact) mass is 238 g/mol. The molecule has 1 unspecified atom stereocenters. The van der Waals surface area contributed by atoms with Gasteiger partial charge in [-0.2, -0.15) is 0 Å². The molecule has 3 heterocycles. The molecule has 2 saturated heterocycles. The Kier molecular flexibility index (Phi) is 3.22. The molecule has 0 amide bonds. The van der Waals surface area contributed by atoms with Gasteiger partial charge in [0.1, 0.15) is 0 Å². The fourth-order valence-corrected chi connectivity index (χ4v) is 3.12. The van der Waals surface area contributed by atoms with Gasteiger partial charge in [-0.05, 0) is 6.42 Å². The molecular weight excluding hydrogens is 216 g/mol. The van der Waals surface area contributed by atoms with Gasteiger partial charge in [-0.1, -0.05) is 0 Å². The van der Waals surface area contributed by atoms with Crippen LogP contribution in [0.15, 0.2) is 11.9 Å². The Labute approximate surface area is 103 Å². The topological polar surface area (TPSA) is 53.8 Å². The van der Waals surface area contributed by atoms with Gasteiger partial charge in [0.05, 0.1) is 19.3 Å². The van der Waals surface area contributed by atoms with E-state index in [-0.39, 0.29) is 0 Å². The number of morpholine rings is 1. The molecule has 0 radical (unpaired) electrons. The lowest BCUT2D eigenvalue weighted by molar-refractivity contribution is -0.0511. The van der Waals surface area contributed by atoms with Gasteiger partial charge in [0.15, 0.2) is 0 Å². The van der Waals surface area contributed by atoms with Gasteiger partial charge in [0.25, 0.3) is 0 Å². The predicted octanol–water partition coefficient (Wildman–Crippen LogP) is -0.835. The Hall–Kier alpha value is -0.780. The van der Waals surface area contributed by atoms with E-state index in [0.717, 1.165) is 58.1 Å². The molecule has 0 saturated carbocycles. The Morgan fingerprint density at radius 3 is 3.06 bits per heavy atom. The highest BCUT2D eigenvalue weighted by atomic mass is 16.5. The van der Waals surface area contributed by atoms with E-state index in [4.69, 9.17) is 10.5 Å². The maximum absolute atomic E-state index is 6.09. The molecule has 0 aromatic carbocycles. The maximum Gasteiger partial charge on any atom is 0.0634 e. The molecule has 3 aliphatic rings. The fraction of sp³-hybridized carbons (Fsp3) is 0.833. The normalized spacial score (nSPS) is 35.9. The fourth-order valence-electron chi connectivity index (χ4n) is 3.12. The average Bonchev–Trinajstić information content (AvgIpc) is 2.39. The van der Waals surface area contributed by atoms with Crippen molar-refractivity contribution >= 4 is 0 Å². The van der Waals surface area contributed by atoms with Crippen LogP contribution in [0.1, 0.15) is 6.42 Å². The molecule has 96 valence electrons. The van der Waals surface area contributed by atoms with Crippen molar-refractivity contribution in [2.45, 2.75) is 18.5 Å². The first-order chi connectivity index (χ1) is 8.34. The molecule has 0 aromatic rings. The van der Waals surface area contributed by atoms with Crippen molar-refractivity contribution in [1.82, 2.24) is 15.1 Å². The van der Waals surface area contributed by atoms with Crippen LogP contribution in [0.25, 0.3) is 0 Å². The molecule has 0 aliphatic carbocycles. The van der Waals surface area contributed by atoms with E-state index in [9.17, 15) is 0 Å². The molecule has 0 bridgehead atoms. The molecular formula is C12H22N4O. The van der Waals surface area contributed by atoms with Crippen LogP contribution < -0.4 is 11.1 Å². The lowest BCUT2D eigenvalue weighted by atomic mass is 10.0. The van der Waals surface area contributed by atoms with Crippen molar-refractivity contribution in [3.63, 3.8) is 0 Å². The van der Waals surface area contributed by atoms with Gasteiger partial charge in [0.2, 0.25) is 0 Å². The first-order valence-corrected chi connectivity index (χ1v) is 6.59. The molecule has 2 fully saturated rings. The highest BCUT2D eigenvalue weighted by Gasteiger charge is 2.33. The summed E-state index contributed by atoms with van der Waals surface area (Å²) in [7, 11) is 0. The van der Waals surface area contributed by atoms with Crippen LogP contribution >= 0.6 is 0 Å². The van der Waals surface area contributed by atoms with Crippen LogP contribution in [0.3, 0.4) is 0 Å². The minimum Gasteiger partial charge on any atom is -0.400 e. The minimum atomic E-state index is 0.431. The third-order valence-electron chi connectivity index (χ3n) is 4.13. The molecule has 0 aromatic heterocycles. The van der Waals surface area contributed by atoms with E-state index in [1.54, 1.807) is 0 Å². The van der Waals surface area contributed by atoms with Crippen molar-refractivity contribution in [3.8, 4) is 0 Å². The zero-order chi connectivity index (χ0) is 11.7. The van der Waals surface area contributed by atoms with Crippen molar-refractivity contribution in [2.24, 2.45) is 5.73 Å². The van der Waals surface area contributed by atoms with Crippen LogP contribution in [0, 0.1) is 0 Å². The standard InChI is InChI=1S/C12H22N4O/c13-11-7-14-2-1-12(11)16-4-3-15-5-6-17-9-10(15)8-16/h7,10,12,14H,1-6,8-9,13H2/t10-,12?/m0/s1. The van der Waals surface area contributed by atoms with Crippen LogP contribution in [0.5, 0.6) is 0 Å². The Balaban J connectivity index is 1.65. The number of piperazine rings is 1. The van der Waals surface area contributed by atoms with Crippen molar-refractivity contribution < 1.29 is 4.74 Å². The molecule has 0 spiro atoms. The van der Waals surface area contributed by atoms with Crippen molar-refractivity contribution in [3.05, 3.63) is 11.9 Å². The summed E-state index contributed by atoms with van der Waals surface area (Å²) < 4.78 is 5.57. The van der Waals surface area contributed by atoms with Gasteiger partial charge in [0, 0.05) is 50.7 Å². The lowest BCUT2D eigenvalue weighted by Crippen LogP contribution is -2.61. The summed E-state index contributed by atoms with van der Waals surface area (Å²) in [6.07, 6.45) is 3.09. The number of ether oxygens (including phenoxy) is 1. The molecule has 17 heavy (non-hydrogen) atoms. The summed E-state index contributed by atoms with van der Waals surface area (Å²) in [5.74, 6) is 0. The largest absolute Gasteiger partial charge is 0.400 e. The summed E-state index contributed by atoms with van der Waals surface area (Å²) in [6.45, 7) is 7.29. The van der Waals surface area contributed by atoms with Crippen molar-refractivity contribution in [1.29, 1.82) is 0 Å². The van der Waals surface area contributed by atoms with Gasteiger partial charge >= 0.3 is 0 Å². The van der Waals surface area contributed by atoms with E-state index in [1.807, 2.05) is 6.20 Å². The summed E-state index contributed by atoms with van der Waals surface area (Å²) in [5.41, 5.74) is 7.08. The second kappa shape index (κ2) is 4.84. The van der Waals surface area contributed by atoms with Crippen molar-refractivity contribution in [2.75, 3.05) is 45.9 Å². The van der Waals surface area contributed by atoms with E-state index in [1.165, 1.54) is 0 Å². The van der Waals surface area contributed by atoms with E-state index in [0.29, 0.717) is 12.1 Å². The highest BCUT2D eigenvalue weighted by Crippen LogP contribution is 2.20. The number of rotatable bonds is 1. The molecule has 3 rings (SSSR count). The van der Waals surface area contributed by atoms with Gasteiger partial charge in [-0.25, -0.2) is 0 Å². The second-order valence-corrected chi connectivity index (χ2v) is 5.16. The summed E-state index contributed by atoms with van der Waals surface area (Å²) in [6, 6.07) is 1.00. The average molecular weight is 238 g/mol. The van der Waals surface area contributed by atoms with E-state index >= 15 is 0 Å². The zero-order valence-electron chi connectivity index (χ0n) is 10.3. The third kappa shape index (κ3) is 2.27. The maximum atomic E-state index is 6.09. The Morgan fingerprint density at radius 1 is 1.29 bits per heavy atom. The number of nitrogens with one attached hydrogen (secondary N) is 1. The molecule has 5 nitrogen and oxygen atoms in total. The van der Waals surface area contributed by atoms with Gasteiger partial charge < -0.3 is 15.8 Å². The van der Waals surface area contributed by atoms with E-state index < -0.39 is 0 Å². The van der Waals surface area contributed by atoms with Crippen LogP contribution in [0.2, 0.25) is 0 Å². The van der Waals surface area contributed by atoms with Gasteiger partial charge in [-0.15, -0.1) is 0 Å². The predicted molar refractivity (Wildman–Crippen MR) is 66.4 cm³/mol. The van der Waals surface area contributed by atoms with Crippen LogP contribution in [0.4, 0.5) is 0 Å². The minimum absolute atomic E-state index is 0.431. The van der Waals surface area contributed by atoms with Crippen LogP contribution in [-0.4, -0.2) is 67.8 Å². The zero-order valence-corrected chi connectivity index (χ0v) is 10.3. The molecule has 2 atom stereocenters. The number of hydrogen-bond donors (Lipinski definition) is 2. The number of nitrogens with zero attached hydrogens (tertiary/aromatic N) is 2. The second-order valence-electron chi connectivity index (χ2n) is 5.16.